The van der Waals surface area contributed by atoms with Crippen molar-refractivity contribution in [3.8, 4) is 6.07 Å². The lowest BCUT2D eigenvalue weighted by molar-refractivity contribution is -0.384. The van der Waals surface area contributed by atoms with Crippen LogP contribution < -0.4 is 5.32 Å². The molecule has 0 radical (unpaired) electrons. The molecular weight excluding hydrogens is 504 g/mol. The molecule has 0 saturated heterocycles. The summed E-state index contributed by atoms with van der Waals surface area (Å²) in [5.74, 6) is -1.19. The van der Waals surface area contributed by atoms with E-state index in [0.717, 1.165) is 17.6 Å². The highest BCUT2D eigenvalue weighted by molar-refractivity contribution is 7.14. The number of rotatable bonds is 6. The van der Waals surface area contributed by atoms with Crippen molar-refractivity contribution in [2.24, 2.45) is 0 Å². The Morgan fingerprint density at radius 2 is 2.03 bits per heavy atom. The number of anilines is 1. The van der Waals surface area contributed by atoms with Gasteiger partial charge in [0.1, 0.15) is 11.1 Å². The van der Waals surface area contributed by atoms with Gasteiger partial charge in [0.2, 0.25) is 0 Å². The fourth-order valence-corrected chi connectivity index (χ4v) is 5.25. The Morgan fingerprint density at radius 1 is 1.18 bits per heavy atom. The van der Waals surface area contributed by atoms with Gasteiger partial charge in [0.25, 0.3) is 11.6 Å². The quantitative estimate of drug-likeness (QED) is 0.193. The minimum atomic E-state index is -0.640. The van der Waals surface area contributed by atoms with Gasteiger partial charge in [0, 0.05) is 17.5 Å². The number of benzene rings is 2. The van der Waals surface area contributed by atoms with Crippen LogP contribution in [0.1, 0.15) is 45.6 Å². The number of para-hydroxylation sites is 1. The first-order valence-corrected chi connectivity index (χ1v) is 12.6. The van der Waals surface area contributed by atoms with E-state index in [-0.39, 0.29) is 5.69 Å². The van der Waals surface area contributed by atoms with Gasteiger partial charge in [-0.15, -0.1) is 11.3 Å². The number of allylic oxidation sites excluding steroid dienone is 1. The zero-order valence-corrected chi connectivity index (χ0v) is 20.8. The van der Waals surface area contributed by atoms with Crippen molar-refractivity contribution in [2.45, 2.75) is 19.3 Å². The molecule has 9 nitrogen and oxygen atoms in total. The van der Waals surface area contributed by atoms with Crippen LogP contribution >= 0.6 is 11.3 Å². The summed E-state index contributed by atoms with van der Waals surface area (Å²) >= 11 is 1.21. The van der Waals surface area contributed by atoms with E-state index in [1.54, 1.807) is 35.7 Å². The van der Waals surface area contributed by atoms with E-state index in [4.69, 9.17) is 15.0 Å². The molecule has 10 heteroatoms. The van der Waals surface area contributed by atoms with Gasteiger partial charge in [0.15, 0.2) is 6.61 Å². The van der Waals surface area contributed by atoms with Crippen molar-refractivity contribution >= 4 is 56.5 Å². The molecule has 4 aromatic rings. The standard InChI is InChI=1S/C28H20N4O5S/c29-15-19-11-12-38-27(19)31-24(33)16-37-28(34)25-21-8-1-2-10-23(21)30-26-18(6-4-9-22(25)26)13-17-5-3-7-20(14-17)32(35)36/h1-3,5,7-8,10-14H,4,6,9,16H2,(H,31,33)/b18-13+. The fraction of sp³-hybridized carbons (Fsp3) is 0.143. The number of pyridine rings is 1. The summed E-state index contributed by atoms with van der Waals surface area (Å²) in [6, 6.07) is 17.2. The Balaban J connectivity index is 1.48. The third-order valence-electron chi connectivity index (χ3n) is 6.17. The third kappa shape index (κ3) is 5.00. The summed E-state index contributed by atoms with van der Waals surface area (Å²) in [6.07, 6.45) is 3.91. The summed E-state index contributed by atoms with van der Waals surface area (Å²) in [6.45, 7) is -0.511. The Labute approximate surface area is 221 Å². The van der Waals surface area contributed by atoms with E-state index >= 15 is 0 Å². The molecule has 1 aliphatic carbocycles. The normalized spacial score (nSPS) is 13.5. The van der Waals surface area contributed by atoms with Crippen LogP contribution in [0.2, 0.25) is 0 Å². The molecule has 0 aliphatic heterocycles. The van der Waals surface area contributed by atoms with Crippen LogP contribution in [0.4, 0.5) is 10.7 Å². The van der Waals surface area contributed by atoms with Gasteiger partial charge in [0.05, 0.1) is 27.3 Å². The molecule has 2 aromatic carbocycles. The predicted molar refractivity (Wildman–Crippen MR) is 144 cm³/mol. The molecule has 5 rings (SSSR count). The first kappa shape index (κ1) is 24.8. The first-order chi connectivity index (χ1) is 18.4. The number of ether oxygens (including phenoxy) is 1. The van der Waals surface area contributed by atoms with Gasteiger partial charge in [-0.3, -0.25) is 14.9 Å². The second-order valence-electron chi connectivity index (χ2n) is 8.61. The Kier molecular flexibility index (Phi) is 6.93. The van der Waals surface area contributed by atoms with Crippen molar-refractivity contribution in [3.63, 3.8) is 0 Å². The molecule has 0 bridgehead atoms. The second-order valence-corrected chi connectivity index (χ2v) is 9.52. The van der Waals surface area contributed by atoms with Crippen LogP contribution in [-0.4, -0.2) is 28.4 Å². The zero-order chi connectivity index (χ0) is 26.6. The SMILES string of the molecule is N#Cc1ccsc1NC(=O)COC(=O)c1c2c(nc3ccccc13)/C(=C/c1cccc([N+](=O)[O-])c1)CCC2. The van der Waals surface area contributed by atoms with E-state index in [1.807, 2.05) is 24.3 Å². The minimum absolute atomic E-state index is 0.00571. The van der Waals surface area contributed by atoms with Crippen LogP contribution in [0.15, 0.2) is 60.0 Å². The number of non-ortho nitro benzene ring substituents is 1. The smallest absolute Gasteiger partial charge is 0.339 e. The van der Waals surface area contributed by atoms with Crippen LogP contribution in [0.25, 0.3) is 22.6 Å². The molecule has 0 unspecified atom stereocenters. The monoisotopic (exact) mass is 524 g/mol. The number of carbonyl (C=O) groups is 2. The van der Waals surface area contributed by atoms with E-state index < -0.39 is 23.4 Å². The maximum Gasteiger partial charge on any atom is 0.339 e. The van der Waals surface area contributed by atoms with Gasteiger partial charge in [-0.2, -0.15) is 5.26 Å². The molecule has 38 heavy (non-hydrogen) atoms. The van der Waals surface area contributed by atoms with E-state index in [0.29, 0.717) is 51.1 Å². The number of hydrogen-bond acceptors (Lipinski definition) is 8. The number of hydrogen-bond donors (Lipinski definition) is 1. The average Bonchev–Trinajstić information content (AvgIpc) is 3.37. The number of aromatic nitrogens is 1. The van der Waals surface area contributed by atoms with Gasteiger partial charge in [-0.05, 0) is 59.6 Å². The van der Waals surface area contributed by atoms with Gasteiger partial charge < -0.3 is 10.1 Å². The number of nitro groups is 1. The minimum Gasteiger partial charge on any atom is -0.452 e. The molecule has 2 aromatic heterocycles. The molecule has 1 N–H and O–H groups in total. The van der Waals surface area contributed by atoms with Crippen LogP contribution in [-0.2, 0) is 16.0 Å². The number of amides is 1. The van der Waals surface area contributed by atoms with Crippen molar-refractivity contribution < 1.29 is 19.2 Å². The molecule has 1 amide bonds. The van der Waals surface area contributed by atoms with Crippen LogP contribution in [0.5, 0.6) is 0 Å². The maximum absolute atomic E-state index is 13.4. The number of nitro benzene ring substituents is 1. The van der Waals surface area contributed by atoms with Gasteiger partial charge in [-0.1, -0.05) is 30.3 Å². The number of carbonyl (C=O) groups excluding carboxylic acids is 2. The number of esters is 1. The van der Waals surface area contributed by atoms with Gasteiger partial charge in [-0.25, -0.2) is 9.78 Å². The molecular formula is C28H20N4O5S. The second kappa shape index (κ2) is 10.6. The predicted octanol–water partition coefficient (Wildman–Crippen LogP) is 5.75. The van der Waals surface area contributed by atoms with E-state index in [9.17, 15) is 19.7 Å². The molecule has 0 spiro atoms. The number of nitrogens with zero attached hydrogens (tertiary/aromatic N) is 3. The molecule has 0 atom stereocenters. The van der Waals surface area contributed by atoms with Crippen molar-refractivity contribution in [3.05, 3.63) is 98.0 Å². The lowest BCUT2D eigenvalue weighted by atomic mass is 9.86. The summed E-state index contributed by atoms with van der Waals surface area (Å²) in [5.41, 5.74) is 4.20. The Morgan fingerprint density at radius 3 is 2.84 bits per heavy atom. The summed E-state index contributed by atoms with van der Waals surface area (Å²) in [5, 5.41) is 25.7. The Hall–Kier alpha value is -4.88. The molecule has 188 valence electrons. The van der Waals surface area contributed by atoms with Crippen molar-refractivity contribution in [1.29, 1.82) is 5.26 Å². The molecule has 0 fully saturated rings. The van der Waals surface area contributed by atoms with Crippen molar-refractivity contribution in [2.75, 3.05) is 11.9 Å². The number of fused-ring (bicyclic) bond motifs is 2. The summed E-state index contributed by atoms with van der Waals surface area (Å²) < 4.78 is 5.43. The molecule has 2 heterocycles. The highest BCUT2D eigenvalue weighted by atomic mass is 32.1. The van der Waals surface area contributed by atoms with E-state index in [1.165, 1.54) is 23.5 Å². The largest absolute Gasteiger partial charge is 0.452 e. The summed E-state index contributed by atoms with van der Waals surface area (Å²) in [4.78, 5) is 41.4. The van der Waals surface area contributed by atoms with Crippen LogP contribution in [0, 0.1) is 21.4 Å². The van der Waals surface area contributed by atoms with Crippen LogP contribution in [0.3, 0.4) is 0 Å². The zero-order valence-electron chi connectivity index (χ0n) is 20.0. The highest BCUT2D eigenvalue weighted by Crippen LogP contribution is 2.36. The topological polar surface area (TPSA) is 135 Å². The number of nitriles is 1. The first-order valence-electron chi connectivity index (χ1n) is 11.8. The average molecular weight is 525 g/mol. The maximum atomic E-state index is 13.4. The lowest BCUT2D eigenvalue weighted by Gasteiger charge is -2.22. The highest BCUT2D eigenvalue weighted by Gasteiger charge is 2.26. The van der Waals surface area contributed by atoms with Crippen molar-refractivity contribution in [1.82, 2.24) is 4.98 Å². The number of thiophene rings is 1. The third-order valence-corrected chi connectivity index (χ3v) is 7.00. The lowest BCUT2D eigenvalue weighted by Crippen LogP contribution is -2.22. The van der Waals surface area contributed by atoms with E-state index in [2.05, 4.69) is 5.32 Å². The summed E-state index contributed by atoms with van der Waals surface area (Å²) in [7, 11) is 0. The van der Waals surface area contributed by atoms with Gasteiger partial charge >= 0.3 is 5.97 Å². The molecule has 0 saturated carbocycles. The molecule has 1 aliphatic rings. The number of nitrogens with one attached hydrogen (secondary N) is 1. The Bertz CT molecular complexity index is 1670. The fourth-order valence-electron chi connectivity index (χ4n) is 4.50.